The van der Waals surface area contributed by atoms with Crippen LogP contribution in [0.3, 0.4) is 0 Å². The zero-order valence-corrected chi connectivity index (χ0v) is 30.9. The Morgan fingerprint density at radius 2 is 1.76 bits per heavy atom. The number of piperazine rings is 1. The van der Waals surface area contributed by atoms with Crippen molar-refractivity contribution in [2.45, 2.75) is 43.8 Å². The highest BCUT2D eigenvalue weighted by molar-refractivity contribution is 6.32. The summed E-state index contributed by atoms with van der Waals surface area (Å²) in [6.45, 7) is 1.81. The van der Waals surface area contributed by atoms with E-state index in [4.69, 9.17) is 16.7 Å². The van der Waals surface area contributed by atoms with Gasteiger partial charge >= 0.3 is 6.18 Å². The first kappa shape index (κ1) is 36.7. The summed E-state index contributed by atoms with van der Waals surface area (Å²) in [6.07, 6.45) is 0.523. The number of aromatic nitrogens is 6. The number of alkyl halides is 3. The van der Waals surface area contributed by atoms with Crippen LogP contribution in [0.1, 0.15) is 37.3 Å². The largest absolute Gasteiger partial charge is 0.405 e. The van der Waals surface area contributed by atoms with Crippen molar-refractivity contribution in [3.05, 3.63) is 69.9 Å². The van der Waals surface area contributed by atoms with E-state index in [1.165, 1.54) is 23.0 Å². The number of benzene rings is 1. The molecule has 4 aromatic heterocycles. The number of piperidine rings is 2. The maximum atomic E-state index is 14.7. The van der Waals surface area contributed by atoms with Crippen LogP contribution in [0, 0.1) is 5.92 Å². The number of fused-ring (bicyclic) bond motifs is 2. The average molecular weight is 778 g/mol. The highest BCUT2D eigenvalue weighted by Gasteiger charge is 2.47. The monoisotopic (exact) mass is 777 g/mol. The molecule has 3 aliphatic rings. The maximum absolute atomic E-state index is 14.7. The van der Waals surface area contributed by atoms with Crippen LogP contribution < -0.4 is 26.0 Å². The minimum atomic E-state index is -4.47. The summed E-state index contributed by atoms with van der Waals surface area (Å²) in [5, 5.41) is 12.0. The lowest BCUT2D eigenvalue weighted by molar-refractivity contribution is -0.186. The van der Waals surface area contributed by atoms with E-state index < -0.39 is 18.1 Å². The Labute approximate surface area is 318 Å². The second-order valence-corrected chi connectivity index (χ2v) is 14.9. The number of rotatable bonds is 7. The fraction of sp³-hybridized carbons (Fsp3) is 0.432. The summed E-state index contributed by atoms with van der Waals surface area (Å²) in [7, 11) is 3.47. The summed E-state index contributed by atoms with van der Waals surface area (Å²) in [6, 6.07) is 9.06. The van der Waals surface area contributed by atoms with Gasteiger partial charge in [0.15, 0.2) is 5.82 Å². The minimum absolute atomic E-state index is 0.0676. The predicted octanol–water partition coefficient (Wildman–Crippen LogP) is 4.50. The van der Waals surface area contributed by atoms with Crippen molar-refractivity contribution in [2.75, 3.05) is 54.4 Å². The number of hydrogen-bond donors (Lipinski definition) is 2. The third-order valence-corrected chi connectivity index (χ3v) is 11.3. The van der Waals surface area contributed by atoms with Gasteiger partial charge in [0.05, 0.1) is 40.9 Å². The first-order chi connectivity index (χ1) is 26.3. The van der Waals surface area contributed by atoms with Gasteiger partial charge in [-0.05, 0) is 43.4 Å². The number of hydrogen-bond acceptors (Lipinski definition) is 11. The highest BCUT2D eigenvalue weighted by Crippen LogP contribution is 2.37. The first-order valence-corrected chi connectivity index (χ1v) is 18.6. The van der Waals surface area contributed by atoms with Crippen molar-refractivity contribution in [3.63, 3.8) is 0 Å². The van der Waals surface area contributed by atoms with Crippen LogP contribution in [-0.4, -0.2) is 97.5 Å². The lowest BCUT2D eigenvalue weighted by atomic mass is 9.92. The topological polar surface area (TPSA) is 146 Å². The zero-order valence-electron chi connectivity index (χ0n) is 30.2. The Morgan fingerprint density at radius 1 is 0.964 bits per heavy atom. The molecule has 1 aromatic carbocycles. The molecule has 2 N–H and O–H groups in total. The van der Waals surface area contributed by atoms with Crippen LogP contribution in [0.2, 0.25) is 5.02 Å². The van der Waals surface area contributed by atoms with Gasteiger partial charge in [-0.25, -0.2) is 9.97 Å². The molecule has 18 heteroatoms. The molecule has 0 spiro atoms. The van der Waals surface area contributed by atoms with Crippen LogP contribution >= 0.6 is 11.6 Å². The fourth-order valence-electron chi connectivity index (χ4n) is 8.09. The van der Waals surface area contributed by atoms with Crippen LogP contribution in [0.25, 0.3) is 21.9 Å². The number of anilines is 4. The van der Waals surface area contributed by atoms with Crippen LogP contribution in [0.15, 0.2) is 53.6 Å². The number of imide groups is 1. The molecule has 288 valence electrons. The smallest absolute Gasteiger partial charge is 0.370 e. The molecule has 8 rings (SSSR count). The fourth-order valence-corrected chi connectivity index (χ4v) is 8.23. The Kier molecular flexibility index (Phi) is 9.61. The average Bonchev–Trinajstić information content (AvgIpc) is 3.50. The zero-order chi connectivity index (χ0) is 38.6. The van der Waals surface area contributed by atoms with Gasteiger partial charge in [0.2, 0.25) is 17.8 Å². The van der Waals surface area contributed by atoms with Gasteiger partial charge in [-0.1, -0.05) is 23.7 Å². The Balaban J connectivity index is 0.930. The second kappa shape index (κ2) is 14.4. The SMILES string of the molecule is Cn1nc(C2CCC(=O)NC2=O)c2cccc(N3CCC(CN4CCN(c5ncc(Cl)c(Nc6cnc7c(ccc(=O)n7C)c6)n5)C[C@@H]4C(F)(F)F)CC3)c21. The lowest BCUT2D eigenvalue weighted by Crippen LogP contribution is -2.60. The highest BCUT2D eigenvalue weighted by atomic mass is 35.5. The molecule has 2 atom stereocenters. The number of nitrogens with zero attached hydrogens (tertiary/aromatic N) is 9. The van der Waals surface area contributed by atoms with Crippen LogP contribution in [0.5, 0.6) is 0 Å². The molecule has 0 bridgehead atoms. The molecule has 0 saturated carbocycles. The normalized spacial score (nSPS) is 20.4. The van der Waals surface area contributed by atoms with Gasteiger partial charge in [-0.15, -0.1) is 0 Å². The second-order valence-electron chi connectivity index (χ2n) is 14.5. The first-order valence-electron chi connectivity index (χ1n) is 18.2. The van der Waals surface area contributed by atoms with Gasteiger partial charge in [0.1, 0.15) is 16.7 Å². The molecule has 55 heavy (non-hydrogen) atoms. The van der Waals surface area contributed by atoms with Gasteiger partial charge in [-0.3, -0.25) is 33.8 Å². The summed E-state index contributed by atoms with van der Waals surface area (Å²) >= 11 is 6.42. The Morgan fingerprint density at radius 3 is 2.53 bits per heavy atom. The Bertz CT molecular complexity index is 2360. The minimum Gasteiger partial charge on any atom is -0.370 e. The predicted molar refractivity (Wildman–Crippen MR) is 202 cm³/mol. The van der Waals surface area contributed by atoms with Crippen molar-refractivity contribution >= 4 is 68.5 Å². The van der Waals surface area contributed by atoms with E-state index in [2.05, 4.69) is 30.5 Å². The number of nitrogens with one attached hydrogen (secondary N) is 2. The Hall–Kier alpha value is -5.29. The van der Waals surface area contributed by atoms with Gasteiger partial charge in [0, 0.05) is 76.6 Å². The van der Waals surface area contributed by atoms with Gasteiger partial charge in [-0.2, -0.15) is 23.3 Å². The number of para-hydroxylation sites is 1. The molecule has 7 heterocycles. The van der Waals surface area contributed by atoms with E-state index >= 15 is 0 Å². The van der Waals surface area contributed by atoms with Gasteiger partial charge in [0.25, 0.3) is 5.56 Å². The molecule has 0 radical (unpaired) electrons. The van der Waals surface area contributed by atoms with Gasteiger partial charge < -0.3 is 15.1 Å². The standard InChI is InChI=1S/C37H39ClF3N11O3/c1-48-30(54)9-6-22-16-23(17-42-34(22)48)44-33-26(38)18-43-36(46-33)52-15-14-51(28(20-52)37(39,40)41)19-21-10-12-50(13-11-21)27-5-3-4-24-31(47-49(2)32(24)27)25-7-8-29(53)45-35(25)55/h3-6,9,16-18,21,25,28H,7-8,10-15,19-20H2,1-2H3,(H,43,44,46)(H,45,53,55)/t25?,28-/m1/s1. The summed E-state index contributed by atoms with van der Waals surface area (Å²) in [4.78, 5) is 54.9. The quantitative estimate of drug-likeness (QED) is 0.226. The third-order valence-electron chi connectivity index (χ3n) is 11.0. The maximum Gasteiger partial charge on any atom is 0.405 e. The van der Waals surface area contributed by atoms with E-state index in [0.717, 1.165) is 16.6 Å². The molecule has 3 fully saturated rings. The number of carbonyl (C=O) groups excluding carboxylic acids is 2. The summed E-state index contributed by atoms with van der Waals surface area (Å²) in [5.41, 5.74) is 3.34. The van der Waals surface area contributed by atoms with Crippen molar-refractivity contribution in [1.29, 1.82) is 0 Å². The molecule has 5 aromatic rings. The van der Waals surface area contributed by atoms with Crippen molar-refractivity contribution in [3.8, 4) is 0 Å². The molecule has 3 aliphatic heterocycles. The number of amides is 2. The van der Waals surface area contributed by atoms with E-state index in [1.54, 1.807) is 33.7 Å². The van der Waals surface area contributed by atoms with Crippen molar-refractivity contribution in [2.24, 2.45) is 20.0 Å². The van der Waals surface area contributed by atoms with Crippen LogP contribution in [0.4, 0.5) is 36.3 Å². The molecule has 2 amide bonds. The number of aryl methyl sites for hydroxylation is 2. The number of halogens is 4. The van der Waals surface area contributed by atoms with E-state index in [-0.39, 0.29) is 59.6 Å². The van der Waals surface area contributed by atoms with Crippen LogP contribution in [-0.2, 0) is 23.7 Å². The summed E-state index contributed by atoms with van der Waals surface area (Å²) in [5.74, 6) is -0.701. The third kappa shape index (κ3) is 7.17. The number of pyridine rings is 2. The van der Waals surface area contributed by atoms with Crippen molar-refractivity contribution < 1.29 is 22.8 Å². The van der Waals surface area contributed by atoms with E-state index in [0.29, 0.717) is 67.9 Å². The molecular formula is C37H39ClF3N11O3. The lowest BCUT2D eigenvalue weighted by Gasteiger charge is -2.44. The summed E-state index contributed by atoms with van der Waals surface area (Å²) < 4.78 is 47.2. The molecule has 0 aliphatic carbocycles. The number of carbonyl (C=O) groups is 2. The van der Waals surface area contributed by atoms with E-state index in [1.807, 2.05) is 25.2 Å². The molecule has 3 saturated heterocycles. The molecular weight excluding hydrogens is 739 g/mol. The molecule has 14 nitrogen and oxygen atoms in total. The molecule has 1 unspecified atom stereocenters. The van der Waals surface area contributed by atoms with Crippen molar-refractivity contribution in [1.82, 2.24) is 39.5 Å². The van der Waals surface area contributed by atoms with E-state index in [9.17, 15) is 27.6 Å².